The van der Waals surface area contributed by atoms with Gasteiger partial charge in [-0.25, -0.2) is 0 Å². The van der Waals surface area contributed by atoms with Gasteiger partial charge in [0.05, 0.1) is 11.8 Å². The molecule has 2 fully saturated rings. The Kier molecular flexibility index (Phi) is 4.27. The predicted octanol–water partition coefficient (Wildman–Crippen LogP) is 3.53. The maximum absolute atomic E-state index is 13.4. The van der Waals surface area contributed by atoms with E-state index in [-0.39, 0.29) is 23.2 Å². The van der Waals surface area contributed by atoms with Crippen molar-refractivity contribution in [3.8, 4) is 0 Å². The quantitative estimate of drug-likeness (QED) is 0.919. The van der Waals surface area contributed by atoms with Crippen LogP contribution in [-0.2, 0) is 9.59 Å². The fraction of sp³-hybridized carbons (Fsp3) is 0.364. The van der Waals surface area contributed by atoms with Crippen molar-refractivity contribution >= 4 is 11.9 Å². The number of carboxylic acids is 1. The Bertz CT molecular complexity index is 755. The molecule has 2 aromatic carbocycles. The van der Waals surface area contributed by atoms with Gasteiger partial charge in [0.15, 0.2) is 0 Å². The van der Waals surface area contributed by atoms with E-state index in [9.17, 15) is 14.7 Å². The number of amides is 1. The molecule has 1 N–H and O–H groups in total. The van der Waals surface area contributed by atoms with E-state index in [1.54, 1.807) is 0 Å². The molecule has 4 rings (SSSR count). The van der Waals surface area contributed by atoms with Crippen molar-refractivity contribution in [3.05, 3.63) is 71.8 Å². The van der Waals surface area contributed by atoms with Crippen molar-refractivity contribution in [1.29, 1.82) is 0 Å². The van der Waals surface area contributed by atoms with Crippen molar-refractivity contribution in [1.82, 2.24) is 4.90 Å². The van der Waals surface area contributed by atoms with Gasteiger partial charge in [-0.1, -0.05) is 60.7 Å². The lowest BCUT2D eigenvalue weighted by molar-refractivity contribution is -0.140. The van der Waals surface area contributed by atoms with Crippen LogP contribution in [-0.4, -0.2) is 35.0 Å². The number of hydrogen-bond acceptors (Lipinski definition) is 2. The molecule has 1 unspecified atom stereocenters. The number of aliphatic carboxylic acids is 1. The second kappa shape index (κ2) is 6.60. The second-order valence-corrected chi connectivity index (χ2v) is 7.54. The van der Waals surface area contributed by atoms with Gasteiger partial charge in [0, 0.05) is 13.1 Å². The number of carboxylic acid groups (broad SMARTS) is 1. The first-order chi connectivity index (χ1) is 12.6. The Hall–Kier alpha value is -2.62. The number of carbonyl (C=O) groups excluding carboxylic acids is 1. The lowest BCUT2D eigenvalue weighted by Crippen LogP contribution is -2.42. The average Bonchev–Trinajstić information content (AvgIpc) is 3.38. The summed E-state index contributed by atoms with van der Waals surface area (Å²) < 4.78 is 0. The molecule has 1 spiro atoms. The van der Waals surface area contributed by atoms with Crippen molar-refractivity contribution < 1.29 is 14.7 Å². The molecule has 4 nitrogen and oxygen atoms in total. The van der Waals surface area contributed by atoms with E-state index in [0.717, 1.165) is 30.4 Å². The highest BCUT2D eigenvalue weighted by Gasteiger charge is 2.59. The van der Waals surface area contributed by atoms with E-state index in [1.807, 2.05) is 65.6 Å². The van der Waals surface area contributed by atoms with Crippen LogP contribution in [0.1, 0.15) is 36.3 Å². The van der Waals surface area contributed by atoms with E-state index in [0.29, 0.717) is 13.1 Å². The van der Waals surface area contributed by atoms with Crippen LogP contribution >= 0.6 is 0 Å². The Morgan fingerprint density at radius 3 is 1.85 bits per heavy atom. The molecule has 26 heavy (non-hydrogen) atoms. The maximum Gasteiger partial charge on any atom is 0.307 e. The van der Waals surface area contributed by atoms with Crippen LogP contribution in [0.3, 0.4) is 0 Å². The van der Waals surface area contributed by atoms with Gasteiger partial charge in [0.1, 0.15) is 0 Å². The molecule has 134 valence electrons. The normalized spacial score (nSPS) is 21.0. The molecule has 0 aromatic heterocycles. The van der Waals surface area contributed by atoms with Crippen LogP contribution in [0, 0.1) is 11.3 Å². The smallest absolute Gasteiger partial charge is 0.307 e. The fourth-order valence-electron chi connectivity index (χ4n) is 4.37. The summed E-state index contributed by atoms with van der Waals surface area (Å²) in [6, 6.07) is 19.8. The first-order valence-electron chi connectivity index (χ1n) is 9.22. The minimum atomic E-state index is -0.684. The van der Waals surface area contributed by atoms with E-state index >= 15 is 0 Å². The first-order valence-corrected chi connectivity index (χ1v) is 9.22. The van der Waals surface area contributed by atoms with Gasteiger partial charge in [-0.3, -0.25) is 9.59 Å². The number of hydrogen-bond donors (Lipinski definition) is 1. The van der Waals surface area contributed by atoms with Crippen LogP contribution < -0.4 is 0 Å². The molecule has 0 bridgehead atoms. The summed E-state index contributed by atoms with van der Waals surface area (Å²) in [6.07, 6.45) is 2.36. The van der Waals surface area contributed by atoms with Crippen LogP contribution in [0.15, 0.2) is 60.7 Å². The maximum atomic E-state index is 13.4. The molecule has 1 aliphatic heterocycles. The molecule has 1 saturated heterocycles. The molecular formula is C22H23NO3. The van der Waals surface area contributed by atoms with Crippen LogP contribution in [0.4, 0.5) is 0 Å². The van der Waals surface area contributed by atoms with Crippen LogP contribution in [0.5, 0.6) is 0 Å². The van der Waals surface area contributed by atoms with Crippen LogP contribution in [0.2, 0.25) is 0 Å². The van der Waals surface area contributed by atoms with Gasteiger partial charge < -0.3 is 10.0 Å². The van der Waals surface area contributed by atoms with Crippen molar-refractivity contribution in [2.24, 2.45) is 11.3 Å². The topological polar surface area (TPSA) is 57.6 Å². The van der Waals surface area contributed by atoms with E-state index in [1.165, 1.54) is 0 Å². The highest BCUT2D eigenvalue weighted by Crippen LogP contribution is 2.59. The van der Waals surface area contributed by atoms with Gasteiger partial charge in [0.2, 0.25) is 5.91 Å². The zero-order valence-electron chi connectivity index (χ0n) is 14.7. The Balaban J connectivity index is 1.54. The van der Waals surface area contributed by atoms with E-state index in [2.05, 4.69) is 0 Å². The molecule has 1 amide bonds. The minimum Gasteiger partial charge on any atom is -0.481 e. The van der Waals surface area contributed by atoms with Gasteiger partial charge in [-0.15, -0.1) is 0 Å². The molecular weight excluding hydrogens is 326 g/mol. The number of benzene rings is 2. The molecule has 0 radical (unpaired) electrons. The molecule has 2 aromatic rings. The zero-order valence-corrected chi connectivity index (χ0v) is 14.7. The van der Waals surface area contributed by atoms with E-state index < -0.39 is 5.97 Å². The third-order valence-corrected chi connectivity index (χ3v) is 6.07. The van der Waals surface area contributed by atoms with Crippen molar-refractivity contribution in [3.63, 3.8) is 0 Å². The summed E-state index contributed by atoms with van der Waals surface area (Å²) in [5.41, 5.74) is 1.94. The summed E-state index contributed by atoms with van der Waals surface area (Å²) in [7, 11) is 0. The molecule has 1 saturated carbocycles. The predicted molar refractivity (Wildman–Crippen MR) is 98.7 cm³/mol. The monoisotopic (exact) mass is 349 g/mol. The van der Waals surface area contributed by atoms with Gasteiger partial charge in [0.25, 0.3) is 0 Å². The summed E-state index contributed by atoms with van der Waals surface area (Å²) in [5.74, 6) is -1.08. The zero-order chi connectivity index (χ0) is 18.1. The molecule has 1 aliphatic carbocycles. The summed E-state index contributed by atoms with van der Waals surface area (Å²) >= 11 is 0. The second-order valence-electron chi connectivity index (χ2n) is 7.54. The Labute approximate surface area is 153 Å². The molecule has 1 heterocycles. The van der Waals surface area contributed by atoms with Gasteiger partial charge in [-0.05, 0) is 35.8 Å². The fourth-order valence-corrected chi connectivity index (χ4v) is 4.37. The average molecular weight is 349 g/mol. The molecule has 2 aliphatic rings. The molecule has 1 atom stereocenters. The van der Waals surface area contributed by atoms with E-state index in [4.69, 9.17) is 0 Å². The Morgan fingerprint density at radius 2 is 1.42 bits per heavy atom. The molecule has 4 heteroatoms. The third kappa shape index (κ3) is 3.00. The highest BCUT2D eigenvalue weighted by molar-refractivity contribution is 5.87. The third-order valence-electron chi connectivity index (χ3n) is 6.07. The summed E-state index contributed by atoms with van der Waals surface area (Å²) in [4.78, 5) is 26.5. The van der Waals surface area contributed by atoms with Crippen molar-refractivity contribution in [2.45, 2.75) is 25.2 Å². The lowest BCUT2D eigenvalue weighted by Gasteiger charge is -2.35. The number of likely N-dealkylation sites (tertiary alicyclic amines) is 1. The SMILES string of the molecule is O=C(O)C1CC12CCN(C(=O)C(c1ccccc1)c1ccccc1)CC2. The number of piperidine rings is 1. The summed E-state index contributed by atoms with van der Waals surface area (Å²) in [5, 5.41) is 9.25. The highest BCUT2D eigenvalue weighted by atomic mass is 16.4. The number of carbonyl (C=O) groups is 2. The first kappa shape index (κ1) is 16.8. The standard InChI is InChI=1S/C22H23NO3/c24-20(23-13-11-22(12-14-23)15-18(22)21(25)26)19(16-7-3-1-4-8-16)17-9-5-2-6-10-17/h1-10,18-19H,11-15H2,(H,25,26). The summed E-state index contributed by atoms with van der Waals surface area (Å²) in [6.45, 7) is 1.30. The Morgan fingerprint density at radius 1 is 0.923 bits per heavy atom. The largest absolute Gasteiger partial charge is 0.481 e. The minimum absolute atomic E-state index is 0.0579. The van der Waals surface area contributed by atoms with Crippen molar-refractivity contribution in [2.75, 3.05) is 13.1 Å². The van der Waals surface area contributed by atoms with Gasteiger partial charge >= 0.3 is 5.97 Å². The van der Waals surface area contributed by atoms with Gasteiger partial charge in [-0.2, -0.15) is 0 Å². The van der Waals surface area contributed by atoms with Crippen LogP contribution in [0.25, 0.3) is 0 Å². The number of nitrogens with zero attached hydrogens (tertiary/aromatic N) is 1. The lowest BCUT2D eigenvalue weighted by atomic mass is 9.87. The number of rotatable bonds is 4.